The van der Waals surface area contributed by atoms with Crippen molar-refractivity contribution >= 4 is 39.0 Å². The summed E-state index contributed by atoms with van der Waals surface area (Å²) in [6, 6.07) is 6.71. The predicted molar refractivity (Wildman–Crippen MR) is 113 cm³/mol. The Kier molecular flexibility index (Phi) is 6.80. The summed E-state index contributed by atoms with van der Waals surface area (Å²) in [5.41, 5.74) is -0.0975. The molecule has 0 spiro atoms. The Labute approximate surface area is 176 Å². The summed E-state index contributed by atoms with van der Waals surface area (Å²) in [7, 11) is 1.51. The van der Waals surface area contributed by atoms with Crippen molar-refractivity contribution < 1.29 is 23.8 Å². The summed E-state index contributed by atoms with van der Waals surface area (Å²) in [6.07, 6.45) is 0. The molecule has 1 amide bonds. The summed E-state index contributed by atoms with van der Waals surface area (Å²) in [4.78, 5) is 37.9. The zero-order chi connectivity index (χ0) is 21.7. The number of ether oxygens (including phenoxy) is 3. The Balaban J connectivity index is 2.20. The molecule has 2 heterocycles. The summed E-state index contributed by atoms with van der Waals surface area (Å²) in [5, 5.41) is 9.32. The van der Waals surface area contributed by atoms with Gasteiger partial charge in [-0.05, 0) is 26.0 Å². The van der Waals surface area contributed by atoms with Gasteiger partial charge in [-0.1, -0.05) is 6.07 Å². The molecule has 0 atom stereocenters. The molecule has 3 rings (SSSR count). The third kappa shape index (κ3) is 4.34. The van der Waals surface area contributed by atoms with Crippen molar-refractivity contribution in [3.8, 4) is 11.4 Å². The van der Waals surface area contributed by atoms with E-state index in [1.165, 1.54) is 7.11 Å². The highest BCUT2D eigenvalue weighted by molar-refractivity contribution is 7.16. The van der Waals surface area contributed by atoms with Crippen molar-refractivity contribution in [2.45, 2.75) is 13.8 Å². The van der Waals surface area contributed by atoms with E-state index in [1.807, 2.05) is 0 Å². The molecule has 0 saturated heterocycles. The number of nitrogens with one attached hydrogen (secondary N) is 1. The van der Waals surface area contributed by atoms with E-state index in [2.05, 4.69) is 10.4 Å². The van der Waals surface area contributed by atoms with E-state index in [-0.39, 0.29) is 24.3 Å². The molecule has 30 heavy (non-hydrogen) atoms. The molecule has 0 saturated carbocycles. The van der Waals surface area contributed by atoms with Crippen molar-refractivity contribution in [2.24, 2.45) is 0 Å². The van der Waals surface area contributed by atoms with Gasteiger partial charge in [0, 0.05) is 23.4 Å². The first-order valence-corrected chi connectivity index (χ1v) is 10.1. The summed E-state index contributed by atoms with van der Waals surface area (Å²) >= 11 is 1.13. The number of carbonyl (C=O) groups is 2. The minimum Gasteiger partial charge on any atom is -0.497 e. The highest BCUT2D eigenvalue weighted by atomic mass is 32.1. The maximum Gasteiger partial charge on any atom is 0.359 e. The van der Waals surface area contributed by atoms with Crippen LogP contribution in [0.3, 0.4) is 0 Å². The number of carbonyl (C=O) groups excluding carboxylic acids is 2. The third-order valence-electron chi connectivity index (χ3n) is 4.11. The van der Waals surface area contributed by atoms with E-state index >= 15 is 0 Å². The van der Waals surface area contributed by atoms with Gasteiger partial charge >= 0.3 is 5.97 Å². The first kappa shape index (κ1) is 21.5. The molecule has 10 heteroatoms. The van der Waals surface area contributed by atoms with Gasteiger partial charge in [-0.3, -0.25) is 9.59 Å². The molecular weight excluding hydrogens is 410 g/mol. The SMILES string of the molecule is CCOCC(=O)Nc1scc2c(C(=O)OCC)nn(-c3cccc(OC)c3)c(=O)c12. The Bertz CT molecular complexity index is 1140. The lowest BCUT2D eigenvalue weighted by Crippen LogP contribution is -2.26. The molecule has 0 unspecified atom stereocenters. The monoisotopic (exact) mass is 431 g/mol. The highest BCUT2D eigenvalue weighted by Crippen LogP contribution is 2.30. The van der Waals surface area contributed by atoms with Crippen LogP contribution in [0, 0.1) is 0 Å². The largest absolute Gasteiger partial charge is 0.497 e. The van der Waals surface area contributed by atoms with E-state index in [0.29, 0.717) is 28.4 Å². The smallest absolute Gasteiger partial charge is 0.359 e. The van der Waals surface area contributed by atoms with Crippen LogP contribution in [0.4, 0.5) is 5.00 Å². The van der Waals surface area contributed by atoms with Gasteiger partial charge in [-0.25, -0.2) is 4.79 Å². The Hall–Kier alpha value is -3.24. The molecule has 0 aliphatic rings. The minimum atomic E-state index is -0.663. The van der Waals surface area contributed by atoms with Gasteiger partial charge in [-0.2, -0.15) is 9.78 Å². The molecule has 0 fully saturated rings. The number of hydrogen-bond donors (Lipinski definition) is 1. The molecule has 9 nitrogen and oxygen atoms in total. The van der Waals surface area contributed by atoms with Crippen molar-refractivity contribution in [3.63, 3.8) is 0 Å². The molecule has 0 aliphatic carbocycles. The lowest BCUT2D eigenvalue weighted by molar-refractivity contribution is -0.120. The molecule has 2 aromatic heterocycles. The van der Waals surface area contributed by atoms with Crippen LogP contribution in [0.5, 0.6) is 5.75 Å². The average molecular weight is 431 g/mol. The average Bonchev–Trinajstić information content (AvgIpc) is 3.16. The molecule has 0 bridgehead atoms. The van der Waals surface area contributed by atoms with Gasteiger partial charge < -0.3 is 19.5 Å². The van der Waals surface area contributed by atoms with Crippen LogP contribution in [0.15, 0.2) is 34.4 Å². The molecule has 3 aromatic rings. The number of hydrogen-bond acceptors (Lipinski definition) is 8. The Morgan fingerprint density at radius 2 is 2.03 bits per heavy atom. The van der Waals surface area contributed by atoms with Crippen molar-refractivity contribution in [3.05, 3.63) is 45.7 Å². The quantitative estimate of drug-likeness (QED) is 0.546. The maximum absolute atomic E-state index is 13.3. The molecule has 0 aliphatic heterocycles. The number of anilines is 1. The number of esters is 1. The molecule has 158 valence electrons. The zero-order valence-corrected chi connectivity index (χ0v) is 17.6. The normalized spacial score (nSPS) is 10.8. The van der Waals surface area contributed by atoms with Crippen molar-refractivity contribution in [1.29, 1.82) is 0 Å². The first-order valence-electron chi connectivity index (χ1n) is 9.23. The van der Waals surface area contributed by atoms with Crippen LogP contribution in [-0.2, 0) is 14.3 Å². The number of aromatic nitrogens is 2. The lowest BCUT2D eigenvalue weighted by Gasteiger charge is -2.10. The second-order valence-corrected chi connectivity index (χ2v) is 6.91. The van der Waals surface area contributed by atoms with E-state index in [4.69, 9.17) is 14.2 Å². The number of rotatable bonds is 8. The molecule has 1 N–H and O–H groups in total. The molecular formula is C20H21N3O6S. The second kappa shape index (κ2) is 9.51. The van der Waals surface area contributed by atoms with E-state index in [0.717, 1.165) is 16.0 Å². The van der Waals surface area contributed by atoms with Gasteiger partial charge in [0.15, 0.2) is 5.69 Å². The number of thiophene rings is 1. The topological polar surface area (TPSA) is 109 Å². The summed E-state index contributed by atoms with van der Waals surface area (Å²) < 4.78 is 16.5. The van der Waals surface area contributed by atoms with Crippen molar-refractivity contribution in [2.75, 3.05) is 32.2 Å². The van der Waals surface area contributed by atoms with Crippen LogP contribution < -0.4 is 15.6 Å². The molecule has 1 aromatic carbocycles. The van der Waals surface area contributed by atoms with Crippen LogP contribution in [-0.4, -0.2) is 48.6 Å². The van der Waals surface area contributed by atoms with Gasteiger partial charge in [0.2, 0.25) is 0 Å². The standard InChI is InChI=1S/C20H21N3O6S/c1-4-28-10-15(24)21-18-16-14(11-30-18)17(20(26)29-5-2)22-23(19(16)25)12-7-6-8-13(9-12)27-3/h6-9,11H,4-5,10H2,1-3H3,(H,21,24). The number of benzene rings is 1. The highest BCUT2D eigenvalue weighted by Gasteiger charge is 2.23. The van der Waals surface area contributed by atoms with Gasteiger partial charge in [0.05, 0.1) is 24.8 Å². The fraction of sp³-hybridized carbons (Fsp3) is 0.300. The van der Waals surface area contributed by atoms with Gasteiger partial charge in [0.25, 0.3) is 11.5 Å². The fourth-order valence-electron chi connectivity index (χ4n) is 2.77. The Morgan fingerprint density at radius 1 is 1.23 bits per heavy atom. The maximum atomic E-state index is 13.3. The molecule has 0 radical (unpaired) electrons. The predicted octanol–water partition coefficient (Wildman–Crippen LogP) is 2.61. The third-order valence-corrected chi connectivity index (χ3v) is 5.00. The van der Waals surface area contributed by atoms with Crippen LogP contribution in [0.25, 0.3) is 16.5 Å². The first-order chi connectivity index (χ1) is 14.5. The second-order valence-electron chi connectivity index (χ2n) is 6.03. The number of fused-ring (bicyclic) bond motifs is 1. The van der Waals surface area contributed by atoms with Gasteiger partial charge in [-0.15, -0.1) is 11.3 Å². The number of nitrogens with zero attached hydrogens (tertiary/aromatic N) is 2. The lowest BCUT2D eigenvalue weighted by atomic mass is 10.2. The van der Waals surface area contributed by atoms with E-state index < -0.39 is 17.4 Å². The Morgan fingerprint density at radius 3 is 2.73 bits per heavy atom. The van der Waals surface area contributed by atoms with E-state index in [1.54, 1.807) is 43.5 Å². The van der Waals surface area contributed by atoms with Crippen LogP contribution in [0.1, 0.15) is 24.3 Å². The zero-order valence-electron chi connectivity index (χ0n) is 16.8. The van der Waals surface area contributed by atoms with Crippen molar-refractivity contribution in [1.82, 2.24) is 9.78 Å². The van der Waals surface area contributed by atoms with Gasteiger partial charge in [0.1, 0.15) is 17.4 Å². The minimum absolute atomic E-state index is 0.0178. The number of amides is 1. The summed E-state index contributed by atoms with van der Waals surface area (Å²) in [6.45, 7) is 3.86. The van der Waals surface area contributed by atoms with E-state index in [9.17, 15) is 14.4 Å². The van der Waals surface area contributed by atoms with Crippen LogP contribution in [0.2, 0.25) is 0 Å². The summed E-state index contributed by atoms with van der Waals surface area (Å²) in [5.74, 6) is -0.541. The van der Waals surface area contributed by atoms with Crippen LogP contribution >= 0.6 is 11.3 Å². The number of methoxy groups -OCH3 is 1. The fourth-order valence-corrected chi connectivity index (χ4v) is 3.72.